The number of alkyl halides is 3. The lowest BCUT2D eigenvalue weighted by atomic mass is 9.99. The first-order chi connectivity index (χ1) is 19.4. The number of halogens is 3. The molecule has 2 aliphatic heterocycles. The second kappa shape index (κ2) is 12.2. The van der Waals surface area contributed by atoms with Crippen molar-refractivity contribution in [1.29, 1.82) is 0 Å². The summed E-state index contributed by atoms with van der Waals surface area (Å²) in [4.78, 5) is 51.3. The molecule has 0 unspecified atom stereocenters. The quantitative estimate of drug-likeness (QED) is 0.205. The first-order valence-corrected chi connectivity index (χ1v) is 13.5. The summed E-state index contributed by atoms with van der Waals surface area (Å²) in [5, 5.41) is 10.9. The number of rotatable bonds is 8. The number of carbonyl (C=O) groups excluding carboxylic acids is 3. The summed E-state index contributed by atoms with van der Waals surface area (Å²) in [7, 11) is 0. The van der Waals surface area contributed by atoms with Crippen LogP contribution in [0.4, 0.5) is 23.7 Å². The van der Waals surface area contributed by atoms with Gasteiger partial charge in [0.05, 0.1) is 22.0 Å². The fourth-order valence-corrected chi connectivity index (χ4v) is 5.13. The molecule has 14 heteroatoms. The van der Waals surface area contributed by atoms with Gasteiger partial charge in [0, 0.05) is 19.2 Å². The van der Waals surface area contributed by atoms with Gasteiger partial charge in [0.2, 0.25) is 11.7 Å². The van der Waals surface area contributed by atoms with Gasteiger partial charge in [0.15, 0.2) is 11.5 Å². The number of thioether (sulfide) groups is 1. The van der Waals surface area contributed by atoms with Crippen LogP contribution in [0.25, 0.3) is 6.08 Å². The molecule has 0 aliphatic carbocycles. The number of imide groups is 1. The molecule has 0 bridgehead atoms. The van der Waals surface area contributed by atoms with Crippen molar-refractivity contribution >= 4 is 40.6 Å². The smallest absolute Gasteiger partial charge is 0.416 e. The summed E-state index contributed by atoms with van der Waals surface area (Å²) in [6, 6.07) is 6.24. The molecule has 0 atom stereocenters. The Kier molecular flexibility index (Phi) is 8.90. The zero-order chi connectivity index (χ0) is 29.9. The average molecular weight is 594 g/mol. The van der Waals surface area contributed by atoms with E-state index in [0.29, 0.717) is 48.5 Å². The van der Waals surface area contributed by atoms with E-state index in [-0.39, 0.29) is 35.5 Å². The molecule has 2 aromatic carbocycles. The summed E-state index contributed by atoms with van der Waals surface area (Å²) in [5.74, 6) is -0.728. The second-order valence-corrected chi connectivity index (χ2v) is 10.5. The van der Waals surface area contributed by atoms with E-state index in [1.165, 1.54) is 24.3 Å². The molecule has 4 rings (SSSR count). The molecule has 2 saturated heterocycles. The molecule has 0 N–H and O–H groups in total. The Morgan fingerprint density at radius 3 is 2.44 bits per heavy atom. The molecule has 0 saturated carbocycles. The molecule has 41 heavy (non-hydrogen) atoms. The standard InChI is InChI=1S/C27H26F3N3O7S/c1-3-39-22-12-17(4-6-21(22)40-20-7-5-18(27(28,29)30)14-19(20)33(37)38)13-23-25(35)32(26(36)41-23)15-24(34)31-10-8-16(2)9-11-31/h4-7,12-14,16H,3,8-11,15H2,1-2H3/b23-13+. The molecule has 0 radical (unpaired) electrons. The van der Waals surface area contributed by atoms with Crippen molar-refractivity contribution in [2.45, 2.75) is 32.9 Å². The van der Waals surface area contributed by atoms with E-state index in [1.54, 1.807) is 11.8 Å². The van der Waals surface area contributed by atoms with Gasteiger partial charge < -0.3 is 14.4 Å². The third-order valence-corrected chi connectivity index (χ3v) is 7.48. The Bertz CT molecular complexity index is 1410. The van der Waals surface area contributed by atoms with Crippen molar-refractivity contribution in [1.82, 2.24) is 9.80 Å². The largest absolute Gasteiger partial charge is 0.490 e. The van der Waals surface area contributed by atoms with Crippen molar-refractivity contribution in [3.8, 4) is 17.2 Å². The van der Waals surface area contributed by atoms with Crippen LogP contribution in [0, 0.1) is 16.0 Å². The number of piperidine rings is 1. The van der Waals surface area contributed by atoms with Gasteiger partial charge in [0.1, 0.15) is 6.54 Å². The maximum absolute atomic E-state index is 13.0. The summed E-state index contributed by atoms with van der Waals surface area (Å²) < 4.78 is 50.3. The number of ether oxygens (including phenoxy) is 2. The number of nitrogens with zero attached hydrogens (tertiary/aromatic N) is 3. The minimum absolute atomic E-state index is 0.0126. The van der Waals surface area contributed by atoms with Crippen LogP contribution < -0.4 is 9.47 Å². The van der Waals surface area contributed by atoms with Gasteiger partial charge in [-0.3, -0.25) is 29.4 Å². The maximum Gasteiger partial charge on any atom is 0.416 e. The van der Waals surface area contributed by atoms with Crippen molar-refractivity contribution in [3.05, 3.63) is 62.5 Å². The zero-order valence-electron chi connectivity index (χ0n) is 22.1. The normalized spacial score (nSPS) is 17.3. The first-order valence-electron chi connectivity index (χ1n) is 12.7. The SMILES string of the molecule is CCOc1cc(/C=C2/SC(=O)N(CC(=O)N3CCC(C)CC3)C2=O)ccc1Oc1ccc(C(F)(F)F)cc1[N+](=O)[O-]. The molecule has 0 spiro atoms. The highest BCUT2D eigenvalue weighted by atomic mass is 32.2. The predicted octanol–water partition coefficient (Wildman–Crippen LogP) is 6.10. The van der Waals surface area contributed by atoms with Gasteiger partial charge in [-0.25, -0.2) is 0 Å². The van der Waals surface area contributed by atoms with Crippen LogP contribution in [0.5, 0.6) is 17.2 Å². The highest BCUT2D eigenvalue weighted by Crippen LogP contribution is 2.41. The second-order valence-electron chi connectivity index (χ2n) is 9.51. The Labute approximate surface area is 237 Å². The fraction of sp³-hybridized carbons (Fsp3) is 0.370. The third kappa shape index (κ3) is 6.99. The number of nitro groups is 1. The van der Waals surface area contributed by atoms with Crippen LogP contribution in [0.1, 0.15) is 37.8 Å². The summed E-state index contributed by atoms with van der Waals surface area (Å²) in [5.41, 5.74) is -1.66. The highest BCUT2D eigenvalue weighted by molar-refractivity contribution is 8.18. The van der Waals surface area contributed by atoms with E-state index in [1.807, 2.05) is 0 Å². The van der Waals surface area contributed by atoms with Crippen LogP contribution in [-0.4, -0.2) is 58.0 Å². The van der Waals surface area contributed by atoms with Gasteiger partial charge in [-0.1, -0.05) is 13.0 Å². The van der Waals surface area contributed by atoms with Gasteiger partial charge in [0.25, 0.3) is 11.1 Å². The molecular formula is C27H26F3N3O7S. The summed E-state index contributed by atoms with van der Waals surface area (Å²) >= 11 is 0.689. The average Bonchev–Trinajstić information content (AvgIpc) is 3.17. The van der Waals surface area contributed by atoms with E-state index in [4.69, 9.17) is 9.47 Å². The number of hydrogen-bond donors (Lipinski definition) is 0. The molecule has 3 amide bonds. The Balaban J connectivity index is 1.54. The molecule has 0 aromatic heterocycles. The van der Waals surface area contributed by atoms with Crippen molar-refractivity contribution in [2.75, 3.05) is 26.2 Å². The van der Waals surface area contributed by atoms with Gasteiger partial charge in [-0.15, -0.1) is 0 Å². The number of hydrogen-bond acceptors (Lipinski definition) is 8. The van der Waals surface area contributed by atoms with Gasteiger partial charge in [-0.2, -0.15) is 13.2 Å². The van der Waals surface area contributed by atoms with Crippen LogP contribution in [0.15, 0.2) is 41.3 Å². The molecule has 218 valence electrons. The summed E-state index contributed by atoms with van der Waals surface area (Å²) in [6.45, 7) is 4.74. The lowest BCUT2D eigenvalue weighted by Crippen LogP contribution is -2.45. The Morgan fingerprint density at radius 1 is 1.12 bits per heavy atom. The predicted molar refractivity (Wildman–Crippen MR) is 143 cm³/mol. The maximum atomic E-state index is 13.0. The molecule has 10 nitrogen and oxygen atoms in total. The van der Waals surface area contributed by atoms with E-state index in [9.17, 15) is 37.7 Å². The van der Waals surface area contributed by atoms with Gasteiger partial charge in [-0.05, 0) is 73.4 Å². The van der Waals surface area contributed by atoms with Gasteiger partial charge >= 0.3 is 11.9 Å². The first kappa shape index (κ1) is 29.9. The molecule has 2 aliphatic rings. The highest BCUT2D eigenvalue weighted by Gasteiger charge is 2.38. The fourth-order valence-electron chi connectivity index (χ4n) is 4.29. The molecule has 2 heterocycles. The van der Waals surface area contributed by atoms with E-state index < -0.39 is 39.2 Å². The van der Waals surface area contributed by atoms with Crippen molar-refractivity contribution in [3.63, 3.8) is 0 Å². The van der Waals surface area contributed by atoms with Crippen molar-refractivity contribution in [2.24, 2.45) is 5.92 Å². The number of nitro benzene ring substituents is 1. The Morgan fingerprint density at radius 2 is 1.80 bits per heavy atom. The Hall–Kier alpha value is -4.07. The number of benzene rings is 2. The van der Waals surface area contributed by atoms with Crippen LogP contribution in [0.2, 0.25) is 0 Å². The topological polar surface area (TPSA) is 119 Å². The molecule has 2 fully saturated rings. The number of amides is 3. The van der Waals surface area contributed by atoms with Crippen LogP contribution in [-0.2, 0) is 15.8 Å². The van der Waals surface area contributed by atoms with E-state index in [2.05, 4.69) is 6.92 Å². The number of carbonyl (C=O) groups is 3. The third-order valence-electron chi connectivity index (χ3n) is 6.57. The number of likely N-dealkylation sites (tertiary alicyclic amines) is 1. The molecule has 2 aromatic rings. The summed E-state index contributed by atoms with van der Waals surface area (Å²) in [6.07, 6.45) is -1.62. The minimum atomic E-state index is -4.78. The molecular weight excluding hydrogens is 567 g/mol. The van der Waals surface area contributed by atoms with E-state index >= 15 is 0 Å². The monoisotopic (exact) mass is 593 g/mol. The lowest BCUT2D eigenvalue weighted by Gasteiger charge is -2.31. The minimum Gasteiger partial charge on any atom is -0.490 e. The van der Waals surface area contributed by atoms with E-state index in [0.717, 1.165) is 23.8 Å². The van der Waals surface area contributed by atoms with Crippen LogP contribution in [0.3, 0.4) is 0 Å². The zero-order valence-corrected chi connectivity index (χ0v) is 22.9. The van der Waals surface area contributed by atoms with Crippen LogP contribution >= 0.6 is 11.8 Å². The van der Waals surface area contributed by atoms with Crippen molar-refractivity contribution < 1.29 is 42.0 Å². The lowest BCUT2D eigenvalue weighted by molar-refractivity contribution is -0.385.